The number of hydrogen-bond acceptors (Lipinski definition) is 2. The number of nitrogens with zero attached hydrogens (tertiary/aromatic N) is 2. The van der Waals surface area contributed by atoms with Crippen LogP contribution < -0.4 is 0 Å². The summed E-state index contributed by atoms with van der Waals surface area (Å²) in [5.74, 6) is 0.280. The first kappa shape index (κ1) is 12.2. The van der Waals surface area contributed by atoms with Crippen LogP contribution in [0.3, 0.4) is 0 Å². The number of benzene rings is 1. The summed E-state index contributed by atoms with van der Waals surface area (Å²) in [5, 5.41) is 1.29. The van der Waals surface area contributed by atoms with Gasteiger partial charge in [-0.1, -0.05) is 25.1 Å². The van der Waals surface area contributed by atoms with Crippen LogP contribution in [0.2, 0.25) is 0 Å². The molecular weight excluding hydrogens is 248 g/mol. The molecule has 3 nitrogen and oxygen atoms in total. The van der Waals surface area contributed by atoms with Crippen molar-refractivity contribution in [3.63, 3.8) is 0 Å². The summed E-state index contributed by atoms with van der Waals surface area (Å²) >= 11 is 0. The van der Waals surface area contributed by atoms with E-state index in [4.69, 9.17) is 0 Å². The van der Waals surface area contributed by atoms with Crippen molar-refractivity contribution in [2.45, 2.75) is 38.6 Å². The molecule has 0 radical (unpaired) electrons. The highest BCUT2D eigenvalue weighted by Gasteiger charge is 2.35. The lowest BCUT2D eigenvalue weighted by Gasteiger charge is -2.35. The summed E-state index contributed by atoms with van der Waals surface area (Å²) in [6.45, 7) is 4.42. The summed E-state index contributed by atoms with van der Waals surface area (Å²) in [6.07, 6.45) is 3.87. The first-order chi connectivity index (χ1) is 9.81. The monoisotopic (exact) mass is 268 g/mol. The Morgan fingerprint density at radius 2 is 2.10 bits per heavy atom. The van der Waals surface area contributed by atoms with Crippen molar-refractivity contribution >= 4 is 16.8 Å². The number of hydrogen-bond donors (Lipinski definition) is 0. The molecule has 0 aliphatic carbocycles. The van der Waals surface area contributed by atoms with Gasteiger partial charge in [0.25, 0.3) is 0 Å². The Balaban J connectivity index is 2.05. The molecule has 0 bridgehead atoms. The maximum Gasteiger partial charge on any atom is 0.231 e. The average Bonchev–Trinajstić information content (AvgIpc) is 2.71. The van der Waals surface area contributed by atoms with Crippen LogP contribution in [0.25, 0.3) is 10.9 Å². The fraction of sp³-hybridized carbons (Fsp3) is 0.471. The Morgan fingerprint density at radius 1 is 1.25 bits per heavy atom. The number of likely N-dealkylation sites (N-methyl/N-ethyl adjacent to an activating group) is 1. The largest absolute Gasteiger partial charge is 0.295 e. The lowest BCUT2D eigenvalue weighted by Crippen LogP contribution is -2.36. The van der Waals surface area contributed by atoms with Gasteiger partial charge in [0.15, 0.2) is 0 Å². The van der Waals surface area contributed by atoms with Gasteiger partial charge in [-0.3, -0.25) is 14.3 Å². The SMILES string of the molecule is CCN1CCc2c3n(c4ccccc24)C(=O)CCCC31. The normalized spacial score (nSPS) is 22.9. The van der Waals surface area contributed by atoms with Crippen LogP contribution in [-0.4, -0.2) is 28.5 Å². The van der Waals surface area contributed by atoms with Gasteiger partial charge in [0, 0.05) is 24.0 Å². The highest BCUT2D eigenvalue weighted by atomic mass is 16.2. The summed E-state index contributed by atoms with van der Waals surface area (Å²) < 4.78 is 2.03. The van der Waals surface area contributed by atoms with Crippen molar-refractivity contribution in [1.82, 2.24) is 9.47 Å². The van der Waals surface area contributed by atoms with Crippen LogP contribution in [0.4, 0.5) is 0 Å². The van der Waals surface area contributed by atoms with E-state index >= 15 is 0 Å². The topological polar surface area (TPSA) is 25.2 Å². The highest BCUT2D eigenvalue weighted by Crippen LogP contribution is 2.41. The second-order valence-corrected chi connectivity index (χ2v) is 5.90. The molecule has 104 valence electrons. The van der Waals surface area contributed by atoms with Gasteiger partial charge in [0.1, 0.15) is 0 Å². The van der Waals surface area contributed by atoms with Crippen molar-refractivity contribution in [1.29, 1.82) is 0 Å². The molecule has 4 rings (SSSR count). The Bertz CT molecular complexity index is 686. The van der Waals surface area contributed by atoms with E-state index in [1.54, 1.807) is 0 Å². The molecule has 3 heteroatoms. The van der Waals surface area contributed by atoms with Gasteiger partial charge in [-0.15, -0.1) is 0 Å². The minimum Gasteiger partial charge on any atom is -0.295 e. The van der Waals surface area contributed by atoms with Gasteiger partial charge < -0.3 is 0 Å². The lowest BCUT2D eigenvalue weighted by molar-refractivity contribution is 0.0906. The Kier molecular flexibility index (Phi) is 2.71. The molecule has 0 fully saturated rings. The molecule has 0 N–H and O–H groups in total. The first-order valence-corrected chi connectivity index (χ1v) is 7.70. The number of rotatable bonds is 1. The minimum atomic E-state index is 0.280. The van der Waals surface area contributed by atoms with E-state index in [0.717, 1.165) is 37.9 Å². The molecule has 2 aliphatic heterocycles. The molecule has 1 aromatic heterocycles. The molecule has 1 atom stereocenters. The van der Waals surface area contributed by atoms with Crippen LogP contribution >= 0.6 is 0 Å². The van der Waals surface area contributed by atoms with Gasteiger partial charge in [0.05, 0.1) is 11.6 Å². The molecule has 0 spiro atoms. The first-order valence-electron chi connectivity index (χ1n) is 7.70. The minimum absolute atomic E-state index is 0.280. The molecule has 3 heterocycles. The fourth-order valence-corrected chi connectivity index (χ4v) is 4.05. The third-order valence-corrected chi connectivity index (χ3v) is 4.95. The van der Waals surface area contributed by atoms with Gasteiger partial charge in [-0.25, -0.2) is 0 Å². The smallest absolute Gasteiger partial charge is 0.231 e. The Hall–Kier alpha value is -1.61. The van der Waals surface area contributed by atoms with Gasteiger partial charge in [-0.05, 0) is 37.4 Å². The molecule has 2 aromatic rings. The van der Waals surface area contributed by atoms with Crippen molar-refractivity contribution < 1.29 is 4.79 Å². The quantitative estimate of drug-likeness (QED) is 0.792. The van der Waals surface area contributed by atoms with E-state index in [1.165, 1.54) is 16.6 Å². The predicted molar refractivity (Wildman–Crippen MR) is 80.1 cm³/mol. The molecule has 1 unspecified atom stereocenters. The summed E-state index contributed by atoms with van der Waals surface area (Å²) in [5.41, 5.74) is 3.83. The summed E-state index contributed by atoms with van der Waals surface area (Å²) in [6, 6.07) is 8.84. The number of carbonyl (C=O) groups is 1. The van der Waals surface area contributed by atoms with Crippen molar-refractivity contribution in [2.24, 2.45) is 0 Å². The van der Waals surface area contributed by atoms with Gasteiger partial charge in [-0.2, -0.15) is 0 Å². The van der Waals surface area contributed by atoms with Gasteiger partial charge in [0.2, 0.25) is 5.91 Å². The molecular formula is C17H20N2O. The molecule has 1 aromatic carbocycles. The fourth-order valence-electron chi connectivity index (χ4n) is 4.05. The van der Waals surface area contributed by atoms with E-state index in [2.05, 4.69) is 30.0 Å². The van der Waals surface area contributed by atoms with Crippen molar-refractivity contribution in [3.8, 4) is 0 Å². The highest BCUT2D eigenvalue weighted by molar-refractivity contribution is 5.96. The second-order valence-electron chi connectivity index (χ2n) is 5.90. The summed E-state index contributed by atoms with van der Waals surface area (Å²) in [7, 11) is 0. The maximum atomic E-state index is 12.6. The zero-order valence-electron chi connectivity index (χ0n) is 11.9. The van der Waals surface area contributed by atoms with Gasteiger partial charge >= 0.3 is 0 Å². The van der Waals surface area contributed by atoms with E-state index in [9.17, 15) is 4.79 Å². The van der Waals surface area contributed by atoms with Crippen molar-refractivity contribution in [2.75, 3.05) is 13.1 Å². The third kappa shape index (κ3) is 1.53. The predicted octanol–water partition coefficient (Wildman–Crippen LogP) is 3.38. The number of aromatic nitrogens is 1. The molecule has 0 saturated carbocycles. The van der Waals surface area contributed by atoms with E-state index in [1.807, 2.05) is 10.6 Å². The average molecular weight is 268 g/mol. The number of para-hydroxylation sites is 1. The van der Waals surface area contributed by atoms with Crippen LogP contribution in [0.15, 0.2) is 24.3 Å². The number of carbonyl (C=O) groups excluding carboxylic acids is 1. The molecule has 20 heavy (non-hydrogen) atoms. The Morgan fingerprint density at radius 3 is 2.95 bits per heavy atom. The van der Waals surface area contributed by atoms with Crippen LogP contribution in [-0.2, 0) is 6.42 Å². The van der Waals surface area contributed by atoms with Crippen LogP contribution in [0, 0.1) is 0 Å². The van der Waals surface area contributed by atoms with E-state index < -0.39 is 0 Å². The maximum absolute atomic E-state index is 12.6. The molecule has 0 amide bonds. The zero-order valence-corrected chi connectivity index (χ0v) is 11.9. The van der Waals surface area contributed by atoms with Crippen LogP contribution in [0.5, 0.6) is 0 Å². The molecule has 0 saturated heterocycles. The Labute approximate surface area is 119 Å². The lowest BCUT2D eigenvalue weighted by atomic mass is 9.94. The van der Waals surface area contributed by atoms with E-state index in [0.29, 0.717) is 12.5 Å². The van der Waals surface area contributed by atoms with E-state index in [-0.39, 0.29) is 5.91 Å². The van der Waals surface area contributed by atoms with Crippen molar-refractivity contribution in [3.05, 3.63) is 35.5 Å². The van der Waals surface area contributed by atoms with Crippen LogP contribution in [0.1, 0.15) is 48.3 Å². The zero-order chi connectivity index (χ0) is 13.7. The standard InChI is InChI=1S/C17H20N2O/c1-2-18-11-10-13-12-6-3-4-7-14(12)19-16(20)9-5-8-15(18)17(13)19/h3-4,6-7,15H,2,5,8-11H2,1H3. The molecule has 2 aliphatic rings. The summed E-state index contributed by atoms with van der Waals surface area (Å²) in [4.78, 5) is 15.1. The second kappa shape index (κ2) is 4.45. The third-order valence-electron chi connectivity index (χ3n) is 4.95. The number of fused-ring (bicyclic) bond motifs is 3.